The molecule has 0 aromatic rings. The van der Waals surface area contributed by atoms with Crippen LogP contribution in [-0.2, 0) is 0 Å². The van der Waals surface area contributed by atoms with E-state index in [1.54, 1.807) is 0 Å². The Morgan fingerprint density at radius 3 is 1.14 bits per heavy atom. The Bertz CT molecular complexity index is 46.3. The van der Waals surface area contributed by atoms with E-state index in [2.05, 4.69) is 40.1 Å². The summed E-state index contributed by atoms with van der Waals surface area (Å²) < 4.78 is 0. The van der Waals surface area contributed by atoms with E-state index in [4.69, 9.17) is 5.21 Å². The molecule has 90 valence electrons. The summed E-state index contributed by atoms with van der Waals surface area (Å²) in [4.78, 5) is 0. The van der Waals surface area contributed by atoms with Crippen molar-refractivity contribution < 1.29 is 5.21 Å². The molecule has 0 aromatic heterocycles. The second-order valence-electron chi connectivity index (χ2n) is 3.26. The van der Waals surface area contributed by atoms with E-state index in [1.165, 1.54) is 25.7 Å². The van der Waals surface area contributed by atoms with Gasteiger partial charge in [0.1, 0.15) is 0 Å². The molecule has 2 heteroatoms. The quantitative estimate of drug-likeness (QED) is 0.516. The molecule has 0 aliphatic heterocycles. The molecule has 0 aromatic carbocycles. The number of hydroxylamine groups is 1. The van der Waals surface area contributed by atoms with Crippen molar-refractivity contribution in [2.24, 2.45) is 0 Å². The van der Waals surface area contributed by atoms with Gasteiger partial charge in [0, 0.05) is 6.54 Å². The van der Waals surface area contributed by atoms with Gasteiger partial charge in [-0.15, -0.1) is 0 Å². The van der Waals surface area contributed by atoms with Crippen LogP contribution >= 0.6 is 0 Å². The number of hydrogen-bond donors (Lipinski definition) is 2. The smallest absolute Gasteiger partial charge is 0.0207 e. The zero-order chi connectivity index (χ0) is 11.7. The van der Waals surface area contributed by atoms with Crippen LogP contribution in [0.5, 0.6) is 0 Å². The molecule has 0 aliphatic carbocycles. The number of hydrogen-bond acceptors (Lipinski definition) is 2. The molecule has 0 radical (unpaired) electrons. The third-order valence-corrected chi connectivity index (χ3v) is 1.64. The van der Waals surface area contributed by atoms with Crippen molar-refractivity contribution in [3.05, 3.63) is 0 Å². The van der Waals surface area contributed by atoms with Crippen molar-refractivity contribution in [1.29, 1.82) is 0 Å². The van der Waals surface area contributed by atoms with E-state index < -0.39 is 0 Å². The molecule has 14 heavy (non-hydrogen) atoms. The first-order chi connectivity index (χ1) is 6.74. The summed E-state index contributed by atoms with van der Waals surface area (Å²) in [5, 5.41) is 7.95. The zero-order valence-corrected chi connectivity index (χ0v) is 10.9. The Labute approximate surface area is 91.1 Å². The molecule has 0 saturated carbocycles. The van der Waals surface area contributed by atoms with E-state index >= 15 is 0 Å². The van der Waals surface area contributed by atoms with Crippen molar-refractivity contribution in [1.82, 2.24) is 5.48 Å². The minimum atomic E-state index is 0.719. The molecule has 0 bridgehead atoms. The summed E-state index contributed by atoms with van der Waals surface area (Å²) >= 11 is 0. The highest BCUT2D eigenvalue weighted by Crippen LogP contribution is 1.79. The molecule has 0 atom stereocenters. The maximum Gasteiger partial charge on any atom is 0.0207 e. The van der Waals surface area contributed by atoms with Crippen LogP contribution < -0.4 is 5.48 Å². The first kappa shape index (κ1) is 19.5. The Balaban J connectivity index is -0.000000135. The molecule has 0 spiro atoms. The molecule has 0 aliphatic rings. The van der Waals surface area contributed by atoms with Crippen LogP contribution in [0.3, 0.4) is 0 Å². The second kappa shape index (κ2) is 29.3. The van der Waals surface area contributed by atoms with Crippen LogP contribution in [0.2, 0.25) is 0 Å². The van der Waals surface area contributed by atoms with Gasteiger partial charge in [-0.3, -0.25) is 0 Å². The molecule has 2 nitrogen and oxygen atoms in total. The van der Waals surface area contributed by atoms with E-state index in [1.807, 2.05) is 0 Å². The van der Waals surface area contributed by atoms with Gasteiger partial charge in [0.15, 0.2) is 0 Å². The summed E-state index contributed by atoms with van der Waals surface area (Å²) in [5.74, 6) is 0. The Kier molecular flexibility index (Phi) is 40.7. The first-order valence-electron chi connectivity index (χ1n) is 6.11. The van der Waals surface area contributed by atoms with Gasteiger partial charge in [-0.25, -0.2) is 5.48 Å². The average molecular weight is 205 g/mol. The lowest BCUT2D eigenvalue weighted by atomic mass is 10.3. The fraction of sp³-hybridized carbons (Fsp3) is 1.00. The number of nitrogens with one attached hydrogen (secondary N) is 1. The van der Waals surface area contributed by atoms with Crippen LogP contribution in [0.4, 0.5) is 0 Å². The summed E-state index contributed by atoms with van der Waals surface area (Å²) in [5.41, 5.74) is 2.07. The van der Waals surface area contributed by atoms with Gasteiger partial charge in [0.2, 0.25) is 0 Å². The maximum absolute atomic E-state index is 7.95. The average Bonchev–Trinajstić information content (AvgIpc) is 2.27. The van der Waals surface area contributed by atoms with E-state index in [-0.39, 0.29) is 0 Å². The molecule has 0 rings (SSSR count). The third-order valence-electron chi connectivity index (χ3n) is 1.64. The second-order valence-corrected chi connectivity index (χ2v) is 3.26. The summed E-state index contributed by atoms with van der Waals surface area (Å²) in [6.45, 7) is 11.5. The minimum Gasteiger partial charge on any atom is -0.317 e. The highest BCUT2D eigenvalue weighted by molar-refractivity contribution is 4.30. The van der Waals surface area contributed by atoms with Crippen molar-refractivity contribution in [3.63, 3.8) is 0 Å². The van der Waals surface area contributed by atoms with Crippen LogP contribution in [0.15, 0.2) is 0 Å². The lowest BCUT2D eigenvalue weighted by molar-refractivity contribution is 0.165. The Hall–Kier alpha value is -0.0800. The largest absolute Gasteiger partial charge is 0.317 e. The Morgan fingerprint density at radius 2 is 1.07 bits per heavy atom. The van der Waals surface area contributed by atoms with Gasteiger partial charge in [-0.1, -0.05) is 66.7 Å². The van der Waals surface area contributed by atoms with E-state index in [9.17, 15) is 0 Å². The van der Waals surface area contributed by atoms with Gasteiger partial charge in [-0.2, -0.15) is 0 Å². The van der Waals surface area contributed by atoms with Crippen LogP contribution in [0.25, 0.3) is 0 Å². The topological polar surface area (TPSA) is 32.3 Å². The molecule has 0 heterocycles. The predicted octanol–water partition coefficient (Wildman–Crippen LogP) is 4.38. The maximum atomic E-state index is 7.95. The van der Waals surface area contributed by atoms with Crippen molar-refractivity contribution in [3.8, 4) is 0 Å². The molecule has 0 fully saturated rings. The fourth-order valence-corrected chi connectivity index (χ4v) is 0.256. The van der Waals surface area contributed by atoms with E-state index in [0.717, 1.165) is 19.4 Å². The molecule has 0 amide bonds. The van der Waals surface area contributed by atoms with Crippen LogP contribution in [-0.4, -0.2) is 11.8 Å². The van der Waals surface area contributed by atoms with Gasteiger partial charge in [0.25, 0.3) is 0 Å². The molecule has 2 N–H and O–H groups in total. The Morgan fingerprint density at radius 1 is 0.714 bits per heavy atom. The normalized spacial score (nSPS) is 8.14. The monoisotopic (exact) mass is 205 g/mol. The van der Waals surface area contributed by atoms with Gasteiger partial charge >= 0.3 is 0 Å². The van der Waals surface area contributed by atoms with Gasteiger partial charge < -0.3 is 5.21 Å². The minimum absolute atomic E-state index is 0.719. The summed E-state index contributed by atoms with van der Waals surface area (Å²) in [6.07, 6.45) is 7.46. The number of unbranched alkanes of at least 4 members (excludes halogenated alkanes) is 3. The van der Waals surface area contributed by atoms with Crippen molar-refractivity contribution >= 4 is 0 Å². The van der Waals surface area contributed by atoms with Gasteiger partial charge in [-0.05, 0) is 6.42 Å². The van der Waals surface area contributed by atoms with Crippen LogP contribution in [0, 0.1) is 0 Å². The first-order valence-corrected chi connectivity index (χ1v) is 6.11. The lowest BCUT2D eigenvalue weighted by Gasteiger charge is -1.88. The van der Waals surface area contributed by atoms with Crippen molar-refractivity contribution in [2.75, 3.05) is 6.54 Å². The summed E-state index contributed by atoms with van der Waals surface area (Å²) in [6, 6.07) is 0. The standard InChI is InChI=1S/C4H11NO.2C4H10/c1-2-3-4-5-6;2*1-3-4-2/h5-6H,2-4H2,1H3;2*3-4H2,1-2H3. The molecular weight excluding hydrogens is 174 g/mol. The third kappa shape index (κ3) is 58.7. The lowest BCUT2D eigenvalue weighted by Crippen LogP contribution is -2.07. The molecular formula is C12H31NO. The SMILES string of the molecule is CCCC.CCCC.CCCCNO. The predicted molar refractivity (Wildman–Crippen MR) is 65.9 cm³/mol. The zero-order valence-electron chi connectivity index (χ0n) is 10.9. The fourth-order valence-electron chi connectivity index (χ4n) is 0.256. The van der Waals surface area contributed by atoms with Crippen LogP contribution in [0.1, 0.15) is 73.1 Å². The number of rotatable bonds is 5. The molecule has 0 unspecified atom stereocenters. The highest BCUT2D eigenvalue weighted by Gasteiger charge is 1.74. The van der Waals surface area contributed by atoms with Crippen molar-refractivity contribution in [2.45, 2.75) is 73.1 Å². The van der Waals surface area contributed by atoms with Gasteiger partial charge in [0.05, 0.1) is 0 Å². The highest BCUT2D eigenvalue weighted by atomic mass is 16.5. The van der Waals surface area contributed by atoms with E-state index in [0.29, 0.717) is 0 Å². The summed E-state index contributed by atoms with van der Waals surface area (Å²) in [7, 11) is 0. The molecule has 0 saturated heterocycles.